The number of aryl methyl sites for hydroxylation is 1. The van der Waals surface area contributed by atoms with E-state index in [-0.39, 0.29) is 18.4 Å². The fourth-order valence-corrected chi connectivity index (χ4v) is 3.20. The molecule has 8 heteroatoms. The molecule has 144 valence electrons. The van der Waals surface area contributed by atoms with Crippen LogP contribution in [0.3, 0.4) is 0 Å². The Balaban J connectivity index is 1.52. The number of carbonyl (C=O) groups is 2. The van der Waals surface area contributed by atoms with Crippen LogP contribution in [0.5, 0.6) is 5.75 Å². The van der Waals surface area contributed by atoms with Crippen LogP contribution in [0.4, 0.5) is 5.69 Å². The summed E-state index contributed by atoms with van der Waals surface area (Å²) in [6.07, 6.45) is 0. The maximum atomic E-state index is 12.3. The number of anilines is 1. The predicted molar refractivity (Wildman–Crippen MR) is 110 cm³/mol. The molecule has 0 aliphatic carbocycles. The molecule has 0 saturated heterocycles. The van der Waals surface area contributed by atoms with Crippen LogP contribution in [-0.4, -0.2) is 23.3 Å². The first kappa shape index (κ1) is 19.9. The van der Waals surface area contributed by atoms with Crippen molar-refractivity contribution in [1.29, 1.82) is 0 Å². The monoisotopic (exact) mass is 415 g/mol. The normalized spacial score (nSPS) is 10.4. The van der Waals surface area contributed by atoms with Crippen molar-refractivity contribution in [3.05, 3.63) is 75.2 Å². The lowest BCUT2D eigenvalue weighted by atomic mass is 10.2. The van der Waals surface area contributed by atoms with Crippen molar-refractivity contribution in [2.24, 2.45) is 0 Å². The lowest BCUT2D eigenvalue weighted by Crippen LogP contribution is -2.32. The lowest BCUT2D eigenvalue weighted by Gasteiger charge is -2.10. The van der Waals surface area contributed by atoms with Crippen molar-refractivity contribution < 1.29 is 14.3 Å². The van der Waals surface area contributed by atoms with E-state index in [0.29, 0.717) is 28.6 Å². The molecular formula is C20H18ClN3O3S. The molecule has 0 saturated carbocycles. The fraction of sp³-hybridized carbons (Fsp3) is 0.150. The van der Waals surface area contributed by atoms with E-state index in [4.69, 9.17) is 16.3 Å². The standard InChI is InChI=1S/C20H18ClN3O3S/c1-13-5-6-18(17(21)7-13)24-19(25)9-22-20(26)14-3-2-4-16(8-14)27-10-15-11-28-12-23-15/h2-8,11-12H,9-10H2,1H3,(H,22,26)(H,24,25). The Kier molecular flexibility index (Phi) is 6.62. The summed E-state index contributed by atoms with van der Waals surface area (Å²) in [6.45, 7) is 2.06. The number of ether oxygens (including phenoxy) is 1. The second-order valence-electron chi connectivity index (χ2n) is 6.01. The zero-order chi connectivity index (χ0) is 19.9. The highest BCUT2D eigenvalue weighted by Gasteiger charge is 2.11. The van der Waals surface area contributed by atoms with E-state index in [1.165, 1.54) is 11.3 Å². The number of nitrogens with one attached hydrogen (secondary N) is 2. The number of halogens is 1. The molecule has 0 radical (unpaired) electrons. The molecule has 28 heavy (non-hydrogen) atoms. The van der Waals surface area contributed by atoms with Gasteiger partial charge in [0.2, 0.25) is 5.91 Å². The molecule has 0 bridgehead atoms. The third-order valence-corrected chi connectivity index (χ3v) is 4.72. The van der Waals surface area contributed by atoms with Gasteiger partial charge in [-0.25, -0.2) is 4.98 Å². The lowest BCUT2D eigenvalue weighted by molar-refractivity contribution is -0.115. The third-order valence-electron chi connectivity index (χ3n) is 3.77. The van der Waals surface area contributed by atoms with Gasteiger partial charge in [-0.3, -0.25) is 9.59 Å². The molecule has 0 aliphatic rings. The van der Waals surface area contributed by atoms with Gasteiger partial charge < -0.3 is 15.4 Å². The number of aromatic nitrogens is 1. The Morgan fingerprint density at radius 3 is 2.82 bits per heavy atom. The molecule has 6 nitrogen and oxygen atoms in total. The van der Waals surface area contributed by atoms with Gasteiger partial charge in [-0.05, 0) is 42.8 Å². The van der Waals surface area contributed by atoms with E-state index >= 15 is 0 Å². The van der Waals surface area contributed by atoms with Gasteiger partial charge >= 0.3 is 0 Å². The summed E-state index contributed by atoms with van der Waals surface area (Å²) >= 11 is 7.59. The zero-order valence-electron chi connectivity index (χ0n) is 15.1. The van der Waals surface area contributed by atoms with E-state index in [2.05, 4.69) is 15.6 Å². The Morgan fingerprint density at radius 1 is 1.21 bits per heavy atom. The number of rotatable bonds is 7. The van der Waals surface area contributed by atoms with Gasteiger partial charge in [-0.15, -0.1) is 11.3 Å². The van der Waals surface area contributed by atoms with Gasteiger partial charge in [0.05, 0.1) is 28.5 Å². The van der Waals surface area contributed by atoms with Crippen LogP contribution < -0.4 is 15.4 Å². The molecule has 0 fully saturated rings. The van der Waals surface area contributed by atoms with Crippen LogP contribution in [0.1, 0.15) is 21.6 Å². The Bertz CT molecular complexity index is 977. The maximum absolute atomic E-state index is 12.3. The number of amides is 2. The molecular weight excluding hydrogens is 398 g/mol. The smallest absolute Gasteiger partial charge is 0.251 e. The van der Waals surface area contributed by atoms with Gasteiger partial charge in [-0.1, -0.05) is 23.7 Å². The van der Waals surface area contributed by atoms with Crippen molar-refractivity contribution in [2.75, 3.05) is 11.9 Å². The fourth-order valence-electron chi connectivity index (χ4n) is 2.37. The highest BCUT2D eigenvalue weighted by atomic mass is 35.5. The summed E-state index contributed by atoms with van der Waals surface area (Å²) < 4.78 is 5.64. The van der Waals surface area contributed by atoms with Crippen LogP contribution in [-0.2, 0) is 11.4 Å². The quantitative estimate of drug-likeness (QED) is 0.610. The second kappa shape index (κ2) is 9.34. The Hall–Kier alpha value is -2.90. The molecule has 2 aromatic carbocycles. The highest BCUT2D eigenvalue weighted by Crippen LogP contribution is 2.22. The van der Waals surface area contributed by atoms with Gasteiger partial charge in [-0.2, -0.15) is 0 Å². The van der Waals surface area contributed by atoms with Gasteiger partial charge in [0.1, 0.15) is 12.4 Å². The first-order valence-corrected chi connectivity index (χ1v) is 9.77. The molecule has 1 aromatic heterocycles. The van der Waals surface area contributed by atoms with Crippen molar-refractivity contribution in [3.63, 3.8) is 0 Å². The van der Waals surface area contributed by atoms with E-state index in [9.17, 15) is 9.59 Å². The molecule has 2 N–H and O–H groups in total. The molecule has 2 amide bonds. The number of benzene rings is 2. The Morgan fingerprint density at radius 2 is 2.07 bits per heavy atom. The number of nitrogens with zero attached hydrogens (tertiary/aromatic N) is 1. The molecule has 3 aromatic rings. The van der Waals surface area contributed by atoms with Gasteiger partial charge in [0.15, 0.2) is 0 Å². The van der Waals surface area contributed by atoms with E-state index in [1.54, 1.807) is 41.9 Å². The number of hydrogen-bond acceptors (Lipinski definition) is 5. The summed E-state index contributed by atoms with van der Waals surface area (Å²) in [5.74, 6) is -0.184. The average molecular weight is 416 g/mol. The zero-order valence-corrected chi connectivity index (χ0v) is 16.6. The summed E-state index contributed by atoms with van der Waals surface area (Å²) in [5.41, 5.74) is 4.46. The molecule has 3 rings (SSSR count). The maximum Gasteiger partial charge on any atom is 0.251 e. The molecule has 0 spiro atoms. The minimum absolute atomic E-state index is 0.174. The van der Waals surface area contributed by atoms with Crippen molar-refractivity contribution in [3.8, 4) is 5.75 Å². The van der Waals surface area contributed by atoms with Crippen LogP contribution in [0.25, 0.3) is 0 Å². The van der Waals surface area contributed by atoms with Crippen molar-refractivity contribution >= 4 is 40.4 Å². The Labute approximate surface area is 171 Å². The minimum atomic E-state index is -0.371. The second-order valence-corrected chi connectivity index (χ2v) is 7.14. The largest absolute Gasteiger partial charge is 0.487 e. The molecule has 0 atom stereocenters. The molecule has 1 heterocycles. The van der Waals surface area contributed by atoms with E-state index < -0.39 is 0 Å². The first-order valence-electron chi connectivity index (χ1n) is 8.45. The SMILES string of the molecule is Cc1ccc(NC(=O)CNC(=O)c2cccc(OCc3cscn3)c2)c(Cl)c1. The van der Waals surface area contributed by atoms with Crippen LogP contribution in [0, 0.1) is 6.92 Å². The van der Waals surface area contributed by atoms with Gasteiger partial charge in [0.25, 0.3) is 5.91 Å². The third kappa shape index (κ3) is 5.55. The average Bonchev–Trinajstić information content (AvgIpc) is 3.20. The van der Waals surface area contributed by atoms with Crippen LogP contribution in [0.15, 0.2) is 53.4 Å². The number of carbonyl (C=O) groups excluding carboxylic acids is 2. The van der Waals surface area contributed by atoms with E-state index in [1.807, 2.05) is 18.4 Å². The van der Waals surface area contributed by atoms with Gasteiger partial charge in [0, 0.05) is 10.9 Å². The number of thiazole rings is 1. The first-order chi connectivity index (χ1) is 13.5. The van der Waals surface area contributed by atoms with Crippen LogP contribution >= 0.6 is 22.9 Å². The highest BCUT2D eigenvalue weighted by molar-refractivity contribution is 7.07. The predicted octanol–water partition coefficient (Wildman–Crippen LogP) is 4.05. The topological polar surface area (TPSA) is 80.3 Å². The summed E-state index contributed by atoms with van der Waals surface area (Å²) in [7, 11) is 0. The minimum Gasteiger partial charge on any atom is -0.487 e. The van der Waals surface area contributed by atoms with Crippen molar-refractivity contribution in [1.82, 2.24) is 10.3 Å². The summed E-state index contributed by atoms with van der Waals surface area (Å²) in [6, 6.07) is 12.1. The van der Waals surface area contributed by atoms with Crippen LogP contribution in [0.2, 0.25) is 5.02 Å². The summed E-state index contributed by atoms with van der Waals surface area (Å²) in [5, 5.41) is 7.61. The van der Waals surface area contributed by atoms with E-state index in [0.717, 1.165) is 11.3 Å². The number of hydrogen-bond donors (Lipinski definition) is 2. The summed E-state index contributed by atoms with van der Waals surface area (Å²) in [4.78, 5) is 28.5. The molecule has 0 unspecified atom stereocenters. The molecule has 0 aliphatic heterocycles. The van der Waals surface area contributed by atoms with Crippen molar-refractivity contribution in [2.45, 2.75) is 13.5 Å².